The fourth-order valence-electron chi connectivity index (χ4n) is 3.73. The number of aliphatic imine (C=N–C) groups is 1. The van der Waals surface area contributed by atoms with Crippen molar-refractivity contribution in [2.45, 2.75) is 64.2 Å². The van der Waals surface area contributed by atoms with Gasteiger partial charge in [-0.15, -0.1) is 0 Å². The van der Waals surface area contributed by atoms with Crippen molar-refractivity contribution in [3.05, 3.63) is 59.2 Å². The molecular weight excluding hydrogens is 306 g/mol. The molecule has 0 aliphatic heterocycles. The molecule has 1 fully saturated rings. The minimum atomic E-state index is 0.410. The van der Waals surface area contributed by atoms with E-state index in [0.29, 0.717) is 11.7 Å². The molecule has 132 valence electrons. The van der Waals surface area contributed by atoms with Crippen molar-refractivity contribution in [1.29, 1.82) is 0 Å². The molecular formula is C23H29NO. The Morgan fingerprint density at radius 1 is 1.08 bits per heavy atom. The first-order valence-corrected chi connectivity index (χ1v) is 9.73. The molecule has 0 bridgehead atoms. The van der Waals surface area contributed by atoms with Gasteiger partial charge in [-0.25, -0.2) is 0 Å². The van der Waals surface area contributed by atoms with E-state index in [1.165, 1.54) is 37.7 Å². The molecule has 1 N–H and O–H groups in total. The van der Waals surface area contributed by atoms with E-state index >= 15 is 0 Å². The van der Waals surface area contributed by atoms with E-state index in [9.17, 15) is 5.11 Å². The summed E-state index contributed by atoms with van der Waals surface area (Å²) in [5.74, 6) is 1.05. The number of aryl methyl sites for hydroxylation is 1. The molecule has 0 heterocycles. The summed E-state index contributed by atoms with van der Waals surface area (Å²) >= 11 is 0. The number of hydrogen-bond acceptors (Lipinski definition) is 2. The van der Waals surface area contributed by atoms with Crippen molar-refractivity contribution in [3.8, 4) is 5.75 Å². The molecule has 0 amide bonds. The van der Waals surface area contributed by atoms with Gasteiger partial charge < -0.3 is 5.11 Å². The lowest BCUT2D eigenvalue weighted by atomic mass is 9.82. The Hall–Kier alpha value is -2.09. The van der Waals surface area contributed by atoms with Gasteiger partial charge in [0.15, 0.2) is 0 Å². The Morgan fingerprint density at radius 2 is 1.84 bits per heavy atom. The highest BCUT2D eigenvalue weighted by atomic mass is 16.3. The SMILES string of the molecule is CCCCc1cc(C2CCCCC2)cc(C=Nc2ccccc2)c1O. The third-order valence-electron chi connectivity index (χ3n) is 5.23. The Balaban J connectivity index is 1.92. The second-order valence-corrected chi connectivity index (χ2v) is 7.15. The molecule has 0 spiro atoms. The predicted molar refractivity (Wildman–Crippen MR) is 106 cm³/mol. The predicted octanol–water partition coefficient (Wildman–Crippen LogP) is 6.53. The average Bonchev–Trinajstić information content (AvgIpc) is 2.67. The van der Waals surface area contributed by atoms with Crippen molar-refractivity contribution >= 4 is 11.9 Å². The molecule has 2 aromatic carbocycles. The van der Waals surface area contributed by atoms with Crippen LogP contribution in [0.4, 0.5) is 5.69 Å². The molecule has 1 saturated carbocycles. The highest BCUT2D eigenvalue weighted by molar-refractivity contribution is 5.86. The van der Waals surface area contributed by atoms with Crippen LogP contribution in [-0.4, -0.2) is 11.3 Å². The van der Waals surface area contributed by atoms with Gasteiger partial charge in [0.05, 0.1) is 5.69 Å². The number of phenols is 1. The maximum Gasteiger partial charge on any atom is 0.127 e. The minimum absolute atomic E-state index is 0.410. The molecule has 2 nitrogen and oxygen atoms in total. The van der Waals surface area contributed by atoms with Crippen LogP contribution in [0.2, 0.25) is 0 Å². The van der Waals surface area contributed by atoms with Crippen LogP contribution >= 0.6 is 0 Å². The summed E-state index contributed by atoms with van der Waals surface area (Å²) in [6.07, 6.45) is 11.6. The fourth-order valence-corrected chi connectivity index (χ4v) is 3.73. The van der Waals surface area contributed by atoms with Crippen molar-refractivity contribution in [2.75, 3.05) is 0 Å². The summed E-state index contributed by atoms with van der Waals surface area (Å²) < 4.78 is 0. The molecule has 1 aliphatic rings. The molecule has 3 rings (SSSR count). The van der Waals surface area contributed by atoms with Crippen molar-refractivity contribution in [3.63, 3.8) is 0 Å². The standard InChI is InChI=1S/C23H29NO/c1-2-3-10-19-15-20(18-11-6-4-7-12-18)16-21(23(19)25)17-24-22-13-8-5-9-14-22/h5,8-9,13-18,25H,2-4,6-7,10-12H2,1H3. The quantitative estimate of drug-likeness (QED) is 0.598. The number of rotatable bonds is 6. The van der Waals surface area contributed by atoms with E-state index in [1.807, 2.05) is 36.5 Å². The van der Waals surface area contributed by atoms with Crippen LogP contribution < -0.4 is 0 Å². The van der Waals surface area contributed by atoms with Crippen molar-refractivity contribution in [2.24, 2.45) is 4.99 Å². The second kappa shape index (κ2) is 8.84. The van der Waals surface area contributed by atoms with Gasteiger partial charge in [0.25, 0.3) is 0 Å². The summed E-state index contributed by atoms with van der Waals surface area (Å²) in [4.78, 5) is 4.56. The van der Waals surface area contributed by atoms with Crippen LogP contribution in [0.3, 0.4) is 0 Å². The Bertz CT molecular complexity index is 700. The highest BCUT2D eigenvalue weighted by Gasteiger charge is 2.18. The van der Waals surface area contributed by atoms with Crippen LogP contribution in [0.15, 0.2) is 47.5 Å². The Kier molecular flexibility index (Phi) is 6.27. The van der Waals surface area contributed by atoms with Gasteiger partial charge in [-0.3, -0.25) is 4.99 Å². The Labute approximate surface area is 151 Å². The molecule has 2 heteroatoms. The first-order valence-electron chi connectivity index (χ1n) is 9.73. The summed E-state index contributed by atoms with van der Waals surface area (Å²) in [5.41, 5.74) is 4.25. The topological polar surface area (TPSA) is 32.6 Å². The third-order valence-corrected chi connectivity index (χ3v) is 5.23. The smallest absolute Gasteiger partial charge is 0.127 e. The van der Waals surface area contributed by atoms with Gasteiger partial charge in [0.1, 0.15) is 5.75 Å². The lowest BCUT2D eigenvalue weighted by Gasteiger charge is -2.23. The molecule has 0 unspecified atom stereocenters. The van der Waals surface area contributed by atoms with E-state index in [4.69, 9.17) is 0 Å². The number of phenolic OH excluding ortho intramolecular Hbond substituents is 1. The molecule has 25 heavy (non-hydrogen) atoms. The van der Waals surface area contributed by atoms with E-state index in [0.717, 1.165) is 36.1 Å². The molecule has 1 aliphatic carbocycles. The average molecular weight is 335 g/mol. The van der Waals surface area contributed by atoms with Crippen LogP contribution in [0.1, 0.15) is 74.5 Å². The van der Waals surface area contributed by atoms with Crippen LogP contribution in [0, 0.1) is 0 Å². The molecule has 0 saturated heterocycles. The number of unbranched alkanes of at least 4 members (excludes halogenated alkanes) is 1. The first kappa shape index (κ1) is 17.7. The van der Waals surface area contributed by atoms with Gasteiger partial charge in [0, 0.05) is 11.8 Å². The van der Waals surface area contributed by atoms with Crippen LogP contribution in [0.5, 0.6) is 5.75 Å². The van der Waals surface area contributed by atoms with E-state index in [-0.39, 0.29) is 0 Å². The van der Waals surface area contributed by atoms with E-state index < -0.39 is 0 Å². The number of para-hydroxylation sites is 1. The van der Waals surface area contributed by atoms with Crippen molar-refractivity contribution in [1.82, 2.24) is 0 Å². The Morgan fingerprint density at radius 3 is 2.56 bits per heavy atom. The highest BCUT2D eigenvalue weighted by Crippen LogP contribution is 2.36. The zero-order valence-corrected chi connectivity index (χ0v) is 15.2. The van der Waals surface area contributed by atoms with Crippen LogP contribution in [-0.2, 0) is 6.42 Å². The summed E-state index contributed by atoms with van der Waals surface area (Å²) in [7, 11) is 0. The maximum atomic E-state index is 10.7. The zero-order chi connectivity index (χ0) is 17.5. The lowest BCUT2D eigenvalue weighted by Crippen LogP contribution is -2.06. The summed E-state index contributed by atoms with van der Waals surface area (Å²) in [6.45, 7) is 2.19. The van der Waals surface area contributed by atoms with Gasteiger partial charge in [-0.2, -0.15) is 0 Å². The number of aromatic hydroxyl groups is 1. The first-order chi connectivity index (χ1) is 12.3. The fraction of sp³-hybridized carbons (Fsp3) is 0.435. The van der Waals surface area contributed by atoms with Crippen LogP contribution in [0.25, 0.3) is 0 Å². The summed E-state index contributed by atoms with van der Waals surface area (Å²) in [5, 5.41) is 10.7. The zero-order valence-electron chi connectivity index (χ0n) is 15.2. The second-order valence-electron chi connectivity index (χ2n) is 7.15. The number of nitrogens with zero attached hydrogens (tertiary/aromatic N) is 1. The molecule has 0 aromatic heterocycles. The van der Waals surface area contributed by atoms with Gasteiger partial charge in [-0.05, 0) is 60.9 Å². The maximum absolute atomic E-state index is 10.7. The van der Waals surface area contributed by atoms with E-state index in [2.05, 4.69) is 24.0 Å². The molecule has 0 radical (unpaired) electrons. The third kappa shape index (κ3) is 4.72. The normalized spacial score (nSPS) is 15.7. The van der Waals surface area contributed by atoms with Crippen molar-refractivity contribution < 1.29 is 5.11 Å². The van der Waals surface area contributed by atoms with E-state index in [1.54, 1.807) is 0 Å². The minimum Gasteiger partial charge on any atom is -0.507 e. The largest absolute Gasteiger partial charge is 0.507 e. The monoisotopic (exact) mass is 335 g/mol. The molecule has 0 atom stereocenters. The molecule has 2 aromatic rings. The van der Waals surface area contributed by atoms with Gasteiger partial charge in [-0.1, -0.05) is 56.9 Å². The number of hydrogen-bond donors (Lipinski definition) is 1. The lowest BCUT2D eigenvalue weighted by molar-refractivity contribution is 0.440. The summed E-state index contributed by atoms with van der Waals surface area (Å²) in [6, 6.07) is 14.3. The van der Waals surface area contributed by atoms with Gasteiger partial charge >= 0.3 is 0 Å². The number of benzene rings is 2. The van der Waals surface area contributed by atoms with Gasteiger partial charge in [0.2, 0.25) is 0 Å².